The van der Waals surface area contributed by atoms with E-state index in [1.807, 2.05) is 6.92 Å². The quantitative estimate of drug-likeness (QED) is 0.378. The molecule has 0 bridgehead atoms. The van der Waals surface area contributed by atoms with Crippen LogP contribution >= 0.6 is 0 Å². The minimum absolute atomic E-state index is 0.0873. The summed E-state index contributed by atoms with van der Waals surface area (Å²) in [5.74, 6) is 0.933. The van der Waals surface area contributed by atoms with Crippen molar-refractivity contribution in [1.82, 2.24) is 5.32 Å². The van der Waals surface area contributed by atoms with Crippen molar-refractivity contribution in [3.8, 4) is 0 Å². The molecule has 0 aromatic carbocycles. The van der Waals surface area contributed by atoms with Crippen molar-refractivity contribution in [3.63, 3.8) is 0 Å². The monoisotopic (exact) mass is 575 g/mol. The lowest BCUT2D eigenvalue weighted by Gasteiger charge is -2.63. The number of fused-ring (bicyclic) bond motifs is 4. The molecule has 5 aliphatic carbocycles. The molecule has 12 atom stereocenters. The molecule has 6 fully saturated rings. The molecule has 0 radical (unpaired) electrons. The molecule has 2 spiro atoms. The van der Waals surface area contributed by atoms with Gasteiger partial charge in [0.25, 0.3) is 0 Å². The Kier molecular flexibility index (Phi) is 6.80. The topological polar surface area (TPSA) is 146 Å². The summed E-state index contributed by atoms with van der Waals surface area (Å²) in [6, 6.07) is 0. The number of nitrogens with one attached hydrogen (secondary N) is 1. The second-order valence-corrected chi connectivity index (χ2v) is 15.7. The first-order valence-electron chi connectivity index (χ1n) is 16.2. The predicted octanol–water partition coefficient (Wildman–Crippen LogP) is 4.48. The van der Waals surface area contributed by atoms with Gasteiger partial charge in [-0.05, 0) is 105 Å². The average Bonchev–Trinajstić information content (AvgIpc) is 3.54. The highest BCUT2D eigenvalue weighted by atomic mass is 16.6. The van der Waals surface area contributed by atoms with Crippen LogP contribution in [0.15, 0.2) is 0 Å². The van der Waals surface area contributed by atoms with E-state index in [9.17, 15) is 14.7 Å². The molecule has 12 unspecified atom stereocenters. The van der Waals surface area contributed by atoms with Gasteiger partial charge in [0.15, 0.2) is 0 Å². The molecule has 1 heterocycles. The van der Waals surface area contributed by atoms with Gasteiger partial charge in [0, 0.05) is 12.0 Å². The van der Waals surface area contributed by atoms with Crippen LogP contribution < -0.4 is 16.8 Å². The lowest BCUT2D eigenvalue weighted by Crippen LogP contribution is -2.70. The molecule has 6 N–H and O–H groups in total. The highest BCUT2D eigenvalue weighted by Gasteiger charge is 2.85. The molecular formula is C32H53N3O6. The van der Waals surface area contributed by atoms with Crippen molar-refractivity contribution in [2.75, 3.05) is 6.54 Å². The van der Waals surface area contributed by atoms with E-state index in [0.717, 1.165) is 57.8 Å². The van der Waals surface area contributed by atoms with Crippen molar-refractivity contribution in [2.24, 2.45) is 56.8 Å². The average molecular weight is 576 g/mol. The Labute approximate surface area is 245 Å². The smallest absolute Gasteiger partial charge is 0.407 e. The van der Waals surface area contributed by atoms with Crippen molar-refractivity contribution in [1.29, 1.82) is 0 Å². The molecule has 41 heavy (non-hydrogen) atoms. The number of alkyl carbamates (subject to hydrolysis) is 1. The maximum atomic E-state index is 12.3. The van der Waals surface area contributed by atoms with E-state index in [1.165, 1.54) is 0 Å². The van der Waals surface area contributed by atoms with Crippen LogP contribution in [-0.2, 0) is 14.2 Å². The van der Waals surface area contributed by atoms with Gasteiger partial charge in [-0.15, -0.1) is 0 Å². The molecular weight excluding hydrogens is 522 g/mol. The Hall–Kier alpha value is -1.58. The minimum Gasteiger partial charge on any atom is -0.446 e. The lowest BCUT2D eigenvalue weighted by molar-refractivity contribution is -0.164. The van der Waals surface area contributed by atoms with Gasteiger partial charge in [0.05, 0.1) is 23.9 Å². The molecule has 6 aliphatic rings. The molecule has 1 aliphatic heterocycles. The number of hydrogen-bond acceptors (Lipinski definition) is 7. The number of carbonyl (C=O) groups is 2. The molecule has 0 aromatic rings. The molecule has 1 saturated heterocycles. The maximum absolute atomic E-state index is 12.3. The highest BCUT2D eigenvalue weighted by Crippen LogP contribution is 2.87. The van der Waals surface area contributed by atoms with Crippen LogP contribution in [0.1, 0.15) is 99.3 Å². The van der Waals surface area contributed by atoms with Gasteiger partial charge >= 0.3 is 12.2 Å². The van der Waals surface area contributed by atoms with Gasteiger partial charge in [-0.1, -0.05) is 34.6 Å². The van der Waals surface area contributed by atoms with Crippen molar-refractivity contribution in [3.05, 3.63) is 0 Å². The minimum atomic E-state index is -0.767. The zero-order valence-electron chi connectivity index (χ0n) is 25.9. The van der Waals surface area contributed by atoms with E-state index >= 15 is 0 Å². The number of nitrogens with two attached hydrogens (primary N) is 2. The number of hydrogen-bond donors (Lipinski definition) is 4. The van der Waals surface area contributed by atoms with Crippen LogP contribution in [-0.4, -0.2) is 59.9 Å². The molecule has 6 rings (SSSR count). The molecule has 232 valence electrons. The second-order valence-electron chi connectivity index (χ2n) is 15.7. The van der Waals surface area contributed by atoms with Crippen molar-refractivity contribution >= 4 is 12.2 Å². The third kappa shape index (κ3) is 3.76. The van der Waals surface area contributed by atoms with Crippen LogP contribution in [0.4, 0.5) is 9.59 Å². The lowest BCUT2D eigenvalue weighted by atomic mass is 9.44. The number of ether oxygens (including phenoxy) is 3. The summed E-state index contributed by atoms with van der Waals surface area (Å²) in [6.07, 6.45) is 5.79. The Balaban J connectivity index is 1.27. The SMILES string of the molecule is CCNC(=O)OC(C(C)C)C1CCC2C(O1)C(O)C1(N)C3CCC4C(C)(C)C(OC(N)=O)CCC45CC35CCC21C. The zero-order chi connectivity index (χ0) is 29.8. The summed E-state index contributed by atoms with van der Waals surface area (Å²) in [4.78, 5) is 24.0. The van der Waals surface area contributed by atoms with Crippen LogP contribution in [0, 0.1) is 45.3 Å². The first kappa shape index (κ1) is 29.5. The zero-order valence-corrected chi connectivity index (χ0v) is 25.9. The molecule has 0 aromatic heterocycles. The Morgan fingerprint density at radius 2 is 1.71 bits per heavy atom. The van der Waals surface area contributed by atoms with E-state index in [2.05, 4.69) is 39.9 Å². The first-order valence-corrected chi connectivity index (χ1v) is 16.2. The van der Waals surface area contributed by atoms with E-state index in [4.69, 9.17) is 25.7 Å². The highest BCUT2D eigenvalue weighted by molar-refractivity contribution is 5.67. The van der Waals surface area contributed by atoms with Gasteiger partial charge < -0.3 is 36.1 Å². The second kappa shape index (κ2) is 9.46. The number of aliphatic hydroxyl groups is 1. The fourth-order valence-corrected chi connectivity index (χ4v) is 11.9. The van der Waals surface area contributed by atoms with Crippen molar-refractivity contribution in [2.45, 2.75) is 135 Å². The van der Waals surface area contributed by atoms with Gasteiger partial charge in [0.1, 0.15) is 12.2 Å². The number of carbonyl (C=O) groups excluding carboxylic acids is 2. The number of rotatable bonds is 5. The standard InChI is InChI=1S/C32H53N3O6/c1-7-35-27(38)41-23(17(2)3)19-9-8-18-24(39-19)25(36)32(34)21-11-10-20-28(4,5)22(40-26(33)37)12-13-30(20)16-31(21,30)15-14-29(18,32)6/h17-25,36H,7-16,34H2,1-6H3,(H2,33,37)(H,35,38). The van der Waals surface area contributed by atoms with Crippen LogP contribution in [0.3, 0.4) is 0 Å². The van der Waals surface area contributed by atoms with Crippen LogP contribution in [0.25, 0.3) is 0 Å². The molecule has 2 amide bonds. The van der Waals surface area contributed by atoms with Gasteiger partial charge in [-0.2, -0.15) is 0 Å². The predicted molar refractivity (Wildman–Crippen MR) is 154 cm³/mol. The van der Waals surface area contributed by atoms with E-state index in [1.54, 1.807) is 0 Å². The normalized spacial score (nSPS) is 49.8. The fourth-order valence-electron chi connectivity index (χ4n) is 11.9. The largest absolute Gasteiger partial charge is 0.446 e. The molecule has 5 saturated carbocycles. The van der Waals surface area contributed by atoms with E-state index < -0.39 is 23.8 Å². The Bertz CT molecular complexity index is 1080. The van der Waals surface area contributed by atoms with Crippen molar-refractivity contribution < 1.29 is 28.9 Å². The summed E-state index contributed by atoms with van der Waals surface area (Å²) in [6.45, 7) is 13.3. The van der Waals surface area contributed by atoms with Crippen LogP contribution in [0.5, 0.6) is 0 Å². The summed E-state index contributed by atoms with van der Waals surface area (Å²) in [5.41, 5.74) is 12.3. The summed E-state index contributed by atoms with van der Waals surface area (Å²) >= 11 is 0. The number of primary amides is 1. The third-order valence-corrected chi connectivity index (χ3v) is 13.8. The molecule has 9 nitrogen and oxygen atoms in total. The number of aliphatic hydroxyl groups excluding tert-OH is 1. The summed E-state index contributed by atoms with van der Waals surface area (Å²) in [5, 5.41) is 15.0. The Morgan fingerprint density at radius 3 is 2.37 bits per heavy atom. The maximum Gasteiger partial charge on any atom is 0.407 e. The summed E-state index contributed by atoms with van der Waals surface area (Å²) < 4.78 is 18.2. The third-order valence-electron chi connectivity index (χ3n) is 13.8. The van der Waals surface area contributed by atoms with Gasteiger partial charge in [-0.3, -0.25) is 0 Å². The Morgan fingerprint density at radius 1 is 1.02 bits per heavy atom. The van der Waals surface area contributed by atoms with E-state index in [-0.39, 0.29) is 63.8 Å². The van der Waals surface area contributed by atoms with Gasteiger partial charge in [0.2, 0.25) is 0 Å². The van der Waals surface area contributed by atoms with Crippen LogP contribution in [0.2, 0.25) is 0 Å². The number of amides is 2. The summed E-state index contributed by atoms with van der Waals surface area (Å²) in [7, 11) is 0. The first-order chi connectivity index (χ1) is 19.2. The fraction of sp³-hybridized carbons (Fsp3) is 0.938. The van der Waals surface area contributed by atoms with E-state index in [0.29, 0.717) is 12.5 Å². The molecule has 9 heteroatoms. The van der Waals surface area contributed by atoms with Gasteiger partial charge in [-0.25, -0.2) is 9.59 Å².